The number of anilines is 1. The molecule has 0 spiro atoms. The van der Waals surface area contributed by atoms with Crippen LogP contribution >= 0.6 is 0 Å². The minimum Gasteiger partial charge on any atom is -0.355 e. The van der Waals surface area contributed by atoms with Crippen molar-refractivity contribution in [1.29, 1.82) is 5.26 Å². The summed E-state index contributed by atoms with van der Waals surface area (Å²) in [7, 11) is 0. The van der Waals surface area contributed by atoms with E-state index in [4.69, 9.17) is 5.26 Å². The predicted octanol–water partition coefficient (Wildman–Crippen LogP) is 1.54. The predicted molar refractivity (Wildman–Crippen MR) is 93.9 cm³/mol. The van der Waals surface area contributed by atoms with Crippen molar-refractivity contribution >= 4 is 23.2 Å². The number of hydrogen-bond acceptors (Lipinski definition) is 6. The highest BCUT2D eigenvalue weighted by Gasteiger charge is 2.19. The molecule has 0 radical (unpaired) electrons. The van der Waals surface area contributed by atoms with Gasteiger partial charge in [-0.25, -0.2) is 0 Å². The molecule has 9 heteroatoms. The highest BCUT2D eigenvalue weighted by molar-refractivity contribution is 5.97. The molecule has 9 nitrogen and oxygen atoms in total. The van der Waals surface area contributed by atoms with Crippen molar-refractivity contribution in [3.8, 4) is 6.07 Å². The summed E-state index contributed by atoms with van der Waals surface area (Å²) in [6.07, 6.45) is 3.17. The molecular weight excluding hydrogens is 338 g/mol. The molecule has 2 rings (SSSR count). The molecule has 1 aromatic carbocycles. The molecule has 0 bridgehead atoms. The fourth-order valence-corrected chi connectivity index (χ4v) is 2.56. The molecule has 1 saturated heterocycles. The Bertz CT molecular complexity index is 769. The second kappa shape index (κ2) is 9.17. The minimum absolute atomic E-state index is 0.127. The summed E-state index contributed by atoms with van der Waals surface area (Å²) in [5.41, 5.74) is -0.164. The summed E-state index contributed by atoms with van der Waals surface area (Å²) in [5.74, 6) is -0.450. The first-order valence-corrected chi connectivity index (χ1v) is 8.19. The lowest BCUT2D eigenvalue weighted by molar-refractivity contribution is -0.383. The van der Waals surface area contributed by atoms with E-state index >= 15 is 0 Å². The fraction of sp³-hybridized carbons (Fsp3) is 0.353. The quantitative estimate of drug-likeness (QED) is 0.239. The Kier molecular flexibility index (Phi) is 6.68. The molecule has 1 aromatic rings. The molecule has 1 aliphatic rings. The lowest BCUT2D eigenvalue weighted by atomic mass is 10.2. The minimum atomic E-state index is -0.577. The summed E-state index contributed by atoms with van der Waals surface area (Å²) in [5, 5.41) is 25.3. The molecule has 26 heavy (non-hydrogen) atoms. The number of benzene rings is 1. The molecule has 0 aliphatic carbocycles. The van der Waals surface area contributed by atoms with Crippen LogP contribution in [0, 0.1) is 21.4 Å². The SMILES string of the molecule is N#C/C(=C/Nc1ccccc1[N+](=O)[O-])C(=O)NCCCN1CCCC1=O. The van der Waals surface area contributed by atoms with Crippen molar-refractivity contribution in [2.45, 2.75) is 19.3 Å². The topological polar surface area (TPSA) is 128 Å². The standard InChI is InChI=1S/C17H19N5O4/c18-11-13(12-20-14-5-1-2-6-15(14)22(25)26)17(24)19-8-4-10-21-9-3-7-16(21)23/h1-2,5-6,12,20H,3-4,7-10H2,(H,19,24)/b13-12-. The van der Waals surface area contributed by atoms with Gasteiger partial charge in [0.2, 0.25) is 5.91 Å². The van der Waals surface area contributed by atoms with E-state index in [2.05, 4.69) is 10.6 Å². The third-order valence-electron chi connectivity index (χ3n) is 3.90. The van der Waals surface area contributed by atoms with Gasteiger partial charge < -0.3 is 15.5 Å². The van der Waals surface area contributed by atoms with E-state index in [1.54, 1.807) is 17.0 Å². The van der Waals surface area contributed by atoms with Crippen molar-refractivity contribution < 1.29 is 14.5 Å². The molecule has 136 valence electrons. The van der Waals surface area contributed by atoms with Gasteiger partial charge in [0.05, 0.1) is 4.92 Å². The van der Waals surface area contributed by atoms with Crippen LogP contribution in [0.2, 0.25) is 0 Å². The number of nitro benzene ring substituents is 1. The molecule has 0 saturated carbocycles. The fourth-order valence-electron chi connectivity index (χ4n) is 2.56. The number of nitrogens with zero attached hydrogens (tertiary/aromatic N) is 3. The van der Waals surface area contributed by atoms with E-state index in [0.717, 1.165) is 19.2 Å². The van der Waals surface area contributed by atoms with Crippen LogP contribution in [0.15, 0.2) is 36.0 Å². The van der Waals surface area contributed by atoms with Gasteiger partial charge in [0, 0.05) is 38.3 Å². The van der Waals surface area contributed by atoms with Gasteiger partial charge in [0.1, 0.15) is 17.3 Å². The zero-order valence-corrected chi connectivity index (χ0v) is 14.1. The molecule has 2 N–H and O–H groups in total. The van der Waals surface area contributed by atoms with E-state index in [9.17, 15) is 19.7 Å². The Balaban J connectivity index is 1.86. The Hall–Kier alpha value is -3.41. The van der Waals surface area contributed by atoms with Gasteiger partial charge in [-0.15, -0.1) is 0 Å². The van der Waals surface area contributed by atoms with Gasteiger partial charge in [-0.05, 0) is 18.9 Å². The number of nitriles is 1. The summed E-state index contributed by atoms with van der Waals surface area (Å²) in [6, 6.07) is 7.69. The van der Waals surface area contributed by atoms with Gasteiger partial charge in [-0.1, -0.05) is 12.1 Å². The smallest absolute Gasteiger partial charge is 0.292 e. The number of para-hydroxylation sites is 2. The van der Waals surface area contributed by atoms with Gasteiger partial charge in [0.15, 0.2) is 0 Å². The van der Waals surface area contributed by atoms with Gasteiger partial charge >= 0.3 is 0 Å². The van der Waals surface area contributed by atoms with Crippen LogP contribution in [-0.4, -0.2) is 41.3 Å². The van der Waals surface area contributed by atoms with Gasteiger partial charge in [0.25, 0.3) is 11.6 Å². The number of nitro groups is 1. The highest BCUT2D eigenvalue weighted by atomic mass is 16.6. The first-order valence-electron chi connectivity index (χ1n) is 8.19. The summed E-state index contributed by atoms with van der Waals surface area (Å²) >= 11 is 0. The maximum atomic E-state index is 12.0. The number of hydrogen-bond donors (Lipinski definition) is 2. The average molecular weight is 357 g/mol. The molecule has 0 unspecified atom stereocenters. The molecule has 0 atom stereocenters. The molecule has 1 heterocycles. The van der Waals surface area contributed by atoms with Crippen molar-refractivity contribution in [3.63, 3.8) is 0 Å². The number of carbonyl (C=O) groups excluding carboxylic acids is 2. The van der Waals surface area contributed by atoms with Crippen LogP contribution < -0.4 is 10.6 Å². The first kappa shape index (κ1) is 18.9. The largest absolute Gasteiger partial charge is 0.355 e. The number of carbonyl (C=O) groups is 2. The maximum Gasteiger partial charge on any atom is 0.292 e. The highest BCUT2D eigenvalue weighted by Crippen LogP contribution is 2.23. The van der Waals surface area contributed by atoms with Crippen LogP contribution in [-0.2, 0) is 9.59 Å². The average Bonchev–Trinajstić information content (AvgIpc) is 3.04. The van der Waals surface area contributed by atoms with E-state index in [0.29, 0.717) is 25.9 Å². The monoisotopic (exact) mass is 357 g/mol. The van der Waals surface area contributed by atoms with Crippen molar-refractivity contribution in [1.82, 2.24) is 10.2 Å². The number of nitrogens with one attached hydrogen (secondary N) is 2. The third-order valence-corrected chi connectivity index (χ3v) is 3.90. The van der Waals surface area contributed by atoms with Crippen LogP contribution in [0.1, 0.15) is 19.3 Å². The van der Waals surface area contributed by atoms with Crippen molar-refractivity contribution in [2.75, 3.05) is 25.0 Å². The van der Waals surface area contributed by atoms with E-state index in [1.807, 2.05) is 0 Å². The zero-order chi connectivity index (χ0) is 18.9. The molecule has 1 fully saturated rings. The summed E-state index contributed by atoms with van der Waals surface area (Å²) in [6.45, 7) is 1.64. The Morgan fingerprint density at radius 3 is 2.85 bits per heavy atom. The van der Waals surface area contributed by atoms with E-state index < -0.39 is 10.8 Å². The van der Waals surface area contributed by atoms with Crippen LogP contribution in [0.3, 0.4) is 0 Å². The molecule has 0 aromatic heterocycles. The lowest BCUT2D eigenvalue weighted by Gasteiger charge is -2.15. The number of amides is 2. The Morgan fingerprint density at radius 2 is 2.19 bits per heavy atom. The van der Waals surface area contributed by atoms with E-state index in [1.165, 1.54) is 18.2 Å². The third kappa shape index (κ3) is 5.04. The number of likely N-dealkylation sites (tertiary alicyclic amines) is 1. The summed E-state index contributed by atoms with van der Waals surface area (Å²) < 4.78 is 0. The van der Waals surface area contributed by atoms with Gasteiger partial charge in [-0.3, -0.25) is 19.7 Å². The van der Waals surface area contributed by atoms with Crippen molar-refractivity contribution in [3.05, 3.63) is 46.2 Å². The molecule has 1 aliphatic heterocycles. The second-order valence-electron chi connectivity index (χ2n) is 5.68. The zero-order valence-electron chi connectivity index (χ0n) is 14.1. The normalized spacial score (nSPS) is 14.0. The molecule has 2 amide bonds. The van der Waals surface area contributed by atoms with E-state index in [-0.39, 0.29) is 22.9 Å². The van der Waals surface area contributed by atoms with Crippen LogP contribution in [0.4, 0.5) is 11.4 Å². The van der Waals surface area contributed by atoms with Crippen LogP contribution in [0.25, 0.3) is 0 Å². The Labute approximate surface area is 150 Å². The van der Waals surface area contributed by atoms with Crippen molar-refractivity contribution in [2.24, 2.45) is 0 Å². The van der Waals surface area contributed by atoms with Crippen LogP contribution in [0.5, 0.6) is 0 Å². The maximum absolute atomic E-state index is 12.0. The lowest BCUT2D eigenvalue weighted by Crippen LogP contribution is -2.31. The summed E-state index contributed by atoms with van der Waals surface area (Å²) in [4.78, 5) is 35.6. The number of rotatable bonds is 8. The Morgan fingerprint density at radius 1 is 1.42 bits per heavy atom. The first-order chi connectivity index (χ1) is 12.5. The second-order valence-corrected chi connectivity index (χ2v) is 5.68. The van der Waals surface area contributed by atoms with Gasteiger partial charge in [-0.2, -0.15) is 5.26 Å². The molecular formula is C17H19N5O4.